The lowest BCUT2D eigenvalue weighted by Gasteiger charge is -1.96. The Morgan fingerprint density at radius 1 is 1.31 bits per heavy atom. The summed E-state index contributed by atoms with van der Waals surface area (Å²) >= 11 is 0. The van der Waals surface area contributed by atoms with E-state index in [4.69, 9.17) is 10.6 Å². The highest BCUT2D eigenvalue weighted by Crippen LogP contribution is 1.96. The van der Waals surface area contributed by atoms with E-state index in [1.54, 1.807) is 42.9 Å². The molecular weight excluding hydrogens is 206 g/mol. The van der Waals surface area contributed by atoms with Gasteiger partial charge in [-0.1, -0.05) is 0 Å². The molecule has 0 amide bonds. The van der Waals surface area contributed by atoms with Crippen molar-refractivity contribution in [3.05, 3.63) is 54.6 Å². The zero-order valence-corrected chi connectivity index (χ0v) is 8.41. The van der Waals surface area contributed by atoms with E-state index in [1.807, 2.05) is 0 Å². The van der Waals surface area contributed by atoms with Crippen LogP contribution in [0.15, 0.2) is 49.1 Å². The maximum atomic E-state index is 11.6. The number of nitrogens with zero attached hydrogens (tertiary/aromatic N) is 2. The molecular formula is C11H10N3O2+. The quantitative estimate of drug-likeness (QED) is 0.729. The van der Waals surface area contributed by atoms with Crippen LogP contribution in [-0.2, 0) is 0 Å². The predicted octanol–water partition coefficient (Wildman–Crippen LogP) is 0.220. The van der Waals surface area contributed by atoms with Gasteiger partial charge in [-0.2, -0.15) is 4.84 Å². The Labute approximate surface area is 92.1 Å². The van der Waals surface area contributed by atoms with Gasteiger partial charge in [0.15, 0.2) is 0 Å². The minimum absolute atomic E-state index is 0.395. The van der Waals surface area contributed by atoms with Gasteiger partial charge in [0.25, 0.3) is 0 Å². The van der Waals surface area contributed by atoms with E-state index in [2.05, 4.69) is 4.98 Å². The molecule has 16 heavy (non-hydrogen) atoms. The third-order valence-electron chi connectivity index (χ3n) is 1.91. The number of hydrogen-bond acceptors (Lipinski definition) is 4. The van der Waals surface area contributed by atoms with Gasteiger partial charge in [0.2, 0.25) is 12.4 Å². The predicted molar refractivity (Wildman–Crippen MR) is 56.2 cm³/mol. The fraction of sp³-hybridized carbons (Fsp3) is 0. The van der Waals surface area contributed by atoms with Gasteiger partial charge in [-0.25, -0.2) is 4.79 Å². The number of aromatic nitrogens is 2. The summed E-state index contributed by atoms with van der Waals surface area (Å²) in [6.45, 7) is 0. The summed E-state index contributed by atoms with van der Waals surface area (Å²) in [5.41, 5.74) is 6.51. The van der Waals surface area contributed by atoms with Crippen LogP contribution in [0.5, 0.6) is 0 Å². The number of rotatable bonds is 2. The van der Waals surface area contributed by atoms with Gasteiger partial charge < -0.3 is 5.73 Å². The number of nitrogens with two attached hydrogens (primary N) is 1. The van der Waals surface area contributed by atoms with Crippen molar-refractivity contribution in [2.24, 2.45) is 0 Å². The number of carbonyl (C=O) groups is 1. The lowest BCUT2D eigenvalue weighted by atomic mass is 10.3. The minimum atomic E-state index is -0.470. The summed E-state index contributed by atoms with van der Waals surface area (Å²) in [4.78, 5) is 20.5. The van der Waals surface area contributed by atoms with E-state index in [0.717, 1.165) is 0 Å². The van der Waals surface area contributed by atoms with Crippen LogP contribution in [0, 0.1) is 0 Å². The first-order valence-corrected chi connectivity index (χ1v) is 4.65. The Morgan fingerprint density at radius 3 is 2.69 bits per heavy atom. The molecule has 0 aliphatic carbocycles. The second-order valence-corrected chi connectivity index (χ2v) is 3.11. The van der Waals surface area contributed by atoms with Gasteiger partial charge in [-0.15, -0.1) is 0 Å². The number of pyridine rings is 2. The molecule has 0 spiro atoms. The molecule has 0 bridgehead atoms. The molecule has 0 aliphatic heterocycles. The normalized spacial score (nSPS) is 9.75. The van der Waals surface area contributed by atoms with Gasteiger partial charge >= 0.3 is 5.97 Å². The summed E-state index contributed by atoms with van der Waals surface area (Å²) in [5.74, 6) is -0.470. The van der Waals surface area contributed by atoms with Crippen LogP contribution in [0.1, 0.15) is 10.4 Å². The van der Waals surface area contributed by atoms with Crippen molar-refractivity contribution < 1.29 is 14.4 Å². The molecule has 2 N–H and O–H groups in total. The molecule has 0 saturated carbocycles. The molecule has 0 aromatic carbocycles. The fourth-order valence-electron chi connectivity index (χ4n) is 1.12. The molecule has 0 atom stereocenters. The maximum absolute atomic E-state index is 11.6. The van der Waals surface area contributed by atoms with Crippen molar-refractivity contribution in [2.45, 2.75) is 0 Å². The van der Waals surface area contributed by atoms with Gasteiger partial charge in [-0.3, -0.25) is 4.98 Å². The maximum Gasteiger partial charge on any atom is 0.412 e. The highest BCUT2D eigenvalue weighted by Gasteiger charge is 2.13. The topological polar surface area (TPSA) is 69.1 Å². The highest BCUT2D eigenvalue weighted by molar-refractivity contribution is 5.88. The molecule has 0 aliphatic rings. The molecule has 80 valence electrons. The van der Waals surface area contributed by atoms with Gasteiger partial charge in [0.05, 0.1) is 5.56 Å². The second-order valence-electron chi connectivity index (χ2n) is 3.11. The molecule has 5 nitrogen and oxygen atoms in total. The summed E-state index contributed by atoms with van der Waals surface area (Å²) in [6, 6.07) is 6.57. The third-order valence-corrected chi connectivity index (χ3v) is 1.91. The molecule has 2 rings (SSSR count). The highest BCUT2D eigenvalue weighted by atomic mass is 16.7. The average Bonchev–Trinajstić information content (AvgIpc) is 2.33. The lowest BCUT2D eigenvalue weighted by Crippen LogP contribution is -2.45. The summed E-state index contributed by atoms with van der Waals surface area (Å²) in [6.07, 6.45) is 6.15. The van der Waals surface area contributed by atoms with Crippen molar-refractivity contribution >= 4 is 11.7 Å². The molecule has 2 aromatic rings. The largest absolute Gasteiger partial charge is 0.412 e. The van der Waals surface area contributed by atoms with Crippen LogP contribution in [0.25, 0.3) is 0 Å². The van der Waals surface area contributed by atoms with E-state index in [9.17, 15) is 4.79 Å². The molecule has 2 aromatic heterocycles. The molecule has 0 saturated heterocycles. The smallest absolute Gasteiger partial charge is 0.398 e. The van der Waals surface area contributed by atoms with E-state index in [0.29, 0.717) is 11.3 Å². The monoisotopic (exact) mass is 216 g/mol. The van der Waals surface area contributed by atoms with Crippen molar-refractivity contribution in [2.75, 3.05) is 5.73 Å². The van der Waals surface area contributed by atoms with E-state index >= 15 is 0 Å². The number of hydrogen-bond donors (Lipinski definition) is 1. The van der Waals surface area contributed by atoms with Crippen molar-refractivity contribution in [3.8, 4) is 0 Å². The Hall–Kier alpha value is -2.43. The van der Waals surface area contributed by atoms with Crippen LogP contribution in [0.3, 0.4) is 0 Å². The van der Waals surface area contributed by atoms with Crippen molar-refractivity contribution in [1.82, 2.24) is 4.98 Å². The summed E-state index contributed by atoms with van der Waals surface area (Å²) in [7, 11) is 0. The Morgan fingerprint density at radius 2 is 2.06 bits per heavy atom. The van der Waals surface area contributed by atoms with Crippen LogP contribution < -0.4 is 15.3 Å². The van der Waals surface area contributed by atoms with Crippen LogP contribution in [0.4, 0.5) is 5.69 Å². The SMILES string of the molecule is Nc1cc[n+](OC(=O)c2cccnc2)cc1. The standard InChI is InChI=1S/C11H9N3O2/c12-10-3-6-14(7-4-10)16-11(15)9-2-1-5-13-8-9/h1-8,12H/p+1. The summed E-state index contributed by atoms with van der Waals surface area (Å²) in [5, 5.41) is 0. The molecule has 0 radical (unpaired) electrons. The van der Waals surface area contributed by atoms with Crippen molar-refractivity contribution in [3.63, 3.8) is 0 Å². The van der Waals surface area contributed by atoms with Crippen LogP contribution in [0.2, 0.25) is 0 Å². The minimum Gasteiger partial charge on any atom is -0.398 e. The van der Waals surface area contributed by atoms with Crippen LogP contribution >= 0.6 is 0 Å². The second kappa shape index (κ2) is 4.39. The number of carbonyl (C=O) groups excluding carboxylic acids is 1. The number of anilines is 1. The third kappa shape index (κ3) is 2.33. The van der Waals surface area contributed by atoms with Gasteiger partial charge in [0.1, 0.15) is 0 Å². The summed E-state index contributed by atoms with van der Waals surface area (Å²) < 4.78 is 1.28. The Balaban J connectivity index is 2.11. The van der Waals surface area contributed by atoms with E-state index < -0.39 is 5.97 Å². The molecule has 0 unspecified atom stereocenters. The molecule has 0 fully saturated rings. The van der Waals surface area contributed by atoms with E-state index in [1.165, 1.54) is 10.9 Å². The fourth-order valence-corrected chi connectivity index (χ4v) is 1.12. The Kier molecular flexibility index (Phi) is 2.77. The zero-order chi connectivity index (χ0) is 11.4. The van der Waals surface area contributed by atoms with Gasteiger partial charge in [0, 0.05) is 34.9 Å². The number of nitrogen functional groups attached to an aromatic ring is 1. The first kappa shape index (κ1) is 10.1. The van der Waals surface area contributed by atoms with Crippen molar-refractivity contribution in [1.29, 1.82) is 0 Å². The first-order chi connectivity index (χ1) is 7.75. The van der Waals surface area contributed by atoms with Crippen LogP contribution in [-0.4, -0.2) is 11.0 Å². The zero-order valence-electron chi connectivity index (χ0n) is 8.41. The molecule has 2 heterocycles. The lowest BCUT2D eigenvalue weighted by molar-refractivity contribution is -0.867. The first-order valence-electron chi connectivity index (χ1n) is 4.65. The van der Waals surface area contributed by atoms with Gasteiger partial charge in [-0.05, 0) is 12.1 Å². The van der Waals surface area contributed by atoms with E-state index in [-0.39, 0.29) is 0 Å². The molecule has 5 heteroatoms. The Bertz CT molecular complexity index is 482. The average molecular weight is 216 g/mol.